The van der Waals surface area contributed by atoms with Crippen LogP contribution in [0.2, 0.25) is 0 Å². The summed E-state index contributed by atoms with van der Waals surface area (Å²) in [6, 6.07) is 0. The number of hydrogen-bond acceptors (Lipinski definition) is 3. The lowest BCUT2D eigenvalue weighted by Gasteiger charge is -2.02. The third-order valence-corrected chi connectivity index (χ3v) is 1.59. The topological polar surface area (TPSA) is 43.6 Å². The van der Waals surface area contributed by atoms with Gasteiger partial charge in [0.1, 0.15) is 0 Å². The number of aromatic nitrogens is 4. The van der Waals surface area contributed by atoms with Crippen LogP contribution in [-0.2, 0) is 6.54 Å². The Morgan fingerprint density at radius 3 is 2.70 bits per heavy atom. The molecule has 1 aromatic heterocycles. The average Bonchev–Trinajstić information content (AvgIpc) is 2.15. The average molecular weight is 205 g/mol. The van der Waals surface area contributed by atoms with Crippen LogP contribution in [0.1, 0.15) is 13.8 Å². The predicted octanol–water partition coefficient (Wildman–Crippen LogP) is 1.09. The highest BCUT2D eigenvalue weighted by molar-refractivity contribution is 9.10. The van der Waals surface area contributed by atoms with Crippen LogP contribution in [0.3, 0.4) is 0 Å². The van der Waals surface area contributed by atoms with Gasteiger partial charge in [-0.25, -0.2) is 4.68 Å². The van der Waals surface area contributed by atoms with Crippen molar-refractivity contribution in [2.45, 2.75) is 20.4 Å². The molecule has 0 saturated carbocycles. The minimum atomic E-state index is 0.569. The van der Waals surface area contributed by atoms with Gasteiger partial charge in [0.05, 0.1) is 0 Å². The highest BCUT2D eigenvalue weighted by atomic mass is 79.9. The molecule has 0 radical (unpaired) electrons. The van der Waals surface area contributed by atoms with E-state index in [4.69, 9.17) is 0 Å². The smallest absolute Gasteiger partial charge is 0.218 e. The fourth-order valence-corrected chi connectivity index (χ4v) is 0.938. The van der Waals surface area contributed by atoms with Crippen molar-refractivity contribution in [3.05, 3.63) is 4.73 Å². The molecule has 0 saturated heterocycles. The van der Waals surface area contributed by atoms with Crippen LogP contribution < -0.4 is 0 Å². The second kappa shape index (κ2) is 3.09. The first-order valence-electron chi connectivity index (χ1n) is 3.12. The number of tetrazole rings is 1. The Labute approximate surface area is 67.7 Å². The molecule has 0 aliphatic carbocycles. The van der Waals surface area contributed by atoms with Gasteiger partial charge in [-0.15, -0.1) is 5.10 Å². The van der Waals surface area contributed by atoms with E-state index in [0.29, 0.717) is 10.7 Å². The van der Waals surface area contributed by atoms with Crippen molar-refractivity contribution in [1.82, 2.24) is 20.2 Å². The summed E-state index contributed by atoms with van der Waals surface area (Å²) in [6.07, 6.45) is 0. The fourth-order valence-electron chi connectivity index (χ4n) is 0.651. The maximum absolute atomic E-state index is 3.76. The maximum Gasteiger partial charge on any atom is 0.218 e. The highest BCUT2D eigenvalue weighted by Crippen LogP contribution is 2.04. The molecular weight excluding hydrogens is 196 g/mol. The van der Waals surface area contributed by atoms with Gasteiger partial charge in [-0.1, -0.05) is 13.8 Å². The molecule has 0 amide bonds. The van der Waals surface area contributed by atoms with Gasteiger partial charge in [0, 0.05) is 6.54 Å². The fraction of sp³-hybridized carbons (Fsp3) is 0.800. The van der Waals surface area contributed by atoms with Crippen molar-refractivity contribution in [3.63, 3.8) is 0 Å². The van der Waals surface area contributed by atoms with E-state index in [0.717, 1.165) is 6.54 Å². The van der Waals surface area contributed by atoms with Crippen molar-refractivity contribution in [2.75, 3.05) is 0 Å². The Kier molecular flexibility index (Phi) is 2.37. The van der Waals surface area contributed by atoms with Crippen LogP contribution in [0, 0.1) is 5.92 Å². The molecule has 0 aromatic carbocycles. The zero-order valence-corrected chi connectivity index (χ0v) is 7.54. The lowest BCUT2D eigenvalue weighted by molar-refractivity contribution is 0.465. The van der Waals surface area contributed by atoms with Crippen LogP contribution in [0.15, 0.2) is 4.73 Å². The lowest BCUT2D eigenvalue weighted by Crippen LogP contribution is -2.06. The monoisotopic (exact) mass is 204 g/mol. The molecule has 5 heteroatoms. The van der Waals surface area contributed by atoms with Crippen molar-refractivity contribution in [1.29, 1.82) is 0 Å². The van der Waals surface area contributed by atoms with Crippen molar-refractivity contribution < 1.29 is 0 Å². The van der Waals surface area contributed by atoms with Crippen LogP contribution in [0.25, 0.3) is 0 Å². The normalized spacial score (nSPS) is 10.8. The van der Waals surface area contributed by atoms with Gasteiger partial charge in [0.25, 0.3) is 0 Å². The Morgan fingerprint density at radius 1 is 1.60 bits per heavy atom. The van der Waals surface area contributed by atoms with Gasteiger partial charge in [-0.3, -0.25) is 0 Å². The summed E-state index contributed by atoms with van der Waals surface area (Å²) in [7, 11) is 0. The Hall–Kier alpha value is -0.450. The number of hydrogen-bond donors (Lipinski definition) is 0. The molecule has 1 heterocycles. The molecule has 0 N–H and O–H groups in total. The van der Waals surface area contributed by atoms with E-state index in [1.165, 1.54) is 0 Å². The zero-order valence-electron chi connectivity index (χ0n) is 5.95. The molecule has 0 unspecified atom stereocenters. The number of nitrogens with zero attached hydrogens (tertiary/aromatic N) is 4. The third-order valence-electron chi connectivity index (χ3n) is 1.03. The SMILES string of the molecule is CC(C)Cn1nnnc1Br. The summed E-state index contributed by atoms with van der Waals surface area (Å²) in [5.74, 6) is 0.569. The quantitative estimate of drug-likeness (QED) is 0.725. The van der Waals surface area contributed by atoms with Crippen molar-refractivity contribution >= 4 is 15.9 Å². The van der Waals surface area contributed by atoms with E-state index in [9.17, 15) is 0 Å². The van der Waals surface area contributed by atoms with E-state index in [-0.39, 0.29) is 0 Å². The first kappa shape index (κ1) is 7.65. The van der Waals surface area contributed by atoms with Crippen LogP contribution >= 0.6 is 15.9 Å². The van der Waals surface area contributed by atoms with Gasteiger partial charge in [-0.2, -0.15) is 0 Å². The highest BCUT2D eigenvalue weighted by Gasteiger charge is 2.02. The Balaban J connectivity index is 2.65. The van der Waals surface area contributed by atoms with E-state index < -0.39 is 0 Å². The summed E-state index contributed by atoms with van der Waals surface area (Å²) in [5.41, 5.74) is 0. The summed E-state index contributed by atoms with van der Waals surface area (Å²) in [5, 5.41) is 10.9. The first-order chi connectivity index (χ1) is 4.70. The molecule has 0 aliphatic rings. The predicted molar refractivity (Wildman–Crippen MR) is 40.4 cm³/mol. The lowest BCUT2D eigenvalue weighted by atomic mass is 10.2. The molecular formula is C5H9BrN4. The van der Waals surface area contributed by atoms with E-state index in [2.05, 4.69) is 45.3 Å². The standard InChI is InChI=1S/C5H9BrN4/c1-4(2)3-10-5(6)7-8-9-10/h4H,3H2,1-2H3. The number of rotatable bonds is 2. The van der Waals surface area contributed by atoms with Gasteiger partial charge < -0.3 is 0 Å². The summed E-state index contributed by atoms with van der Waals surface area (Å²) in [4.78, 5) is 0. The van der Waals surface area contributed by atoms with Crippen LogP contribution in [-0.4, -0.2) is 20.2 Å². The Morgan fingerprint density at radius 2 is 2.30 bits per heavy atom. The Bertz CT molecular complexity index is 207. The summed E-state index contributed by atoms with van der Waals surface area (Å²) >= 11 is 3.22. The molecule has 0 spiro atoms. The second-order valence-electron chi connectivity index (χ2n) is 2.52. The molecule has 0 bridgehead atoms. The van der Waals surface area contributed by atoms with Crippen LogP contribution in [0.5, 0.6) is 0 Å². The van der Waals surface area contributed by atoms with Crippen molar-refractivity contribution in [3.8, 4) is 0 Å². The van der Waals surface area contributed by atoms with E-state index >= 15 is 0 Å². The minimum absolute atomic E-state index is 0.569. The second-order valence-corrected chi connectivity index (χ2v) is 3.23. The molecule has 0 aliphatic heterocycles. The van der Waals surface area contributed by atoms with Crippen LogP contribution in [0.4, 0.5) is 0 Å². The minimum Gasteiger partial charge on any atom is -0.220 e. The third kappa shape index (κ3) is 1.76. The maximum atomic E-state index is 3.76. The molecule has 0 atom stereocenters. The van der Waals surface area contributed by atoms with Gasteiger partial charge in [-0.05, 0) is 32.3 Å². The van der Waals surface area contributed by atoms with Gasteiger partial charge in [0.2, 0.25) is 4.73 Å². The first-order valence-corrected chi connectivity index (χ1v) is 3.91. The summed E-state index contributed by atoms with van der Waals surface area (Å²) in [6.45, 7) is 5.09. The van der Waals surface area contributed by atoms with Gasteiger partial charge in [0.15, 0.2) is 0 Å². The molecule has 4 nitrogen and oxygen atoms in total. The molecule has 56 valence electrons. The largest absolute Gasteiger partial charge is 0.220 e. The van der Waals surface area contributed by atoms with Crippen molar-refractivity contribution in [2.24, 2.45) is 5.92 Å². The molecule has 1 rings (SSSR count). The zero-order chi connectivity index (χ0) is 7.56. The van der Waals surface area contributed by atoms with E-state index in [1.807, 2.05) is 0 Å². The molecule has 1 aromatic rings. The molecule has 10 heavy (non-hydrogen) atoms. The number of halogens is 1. The van der Waals surface area contributed by atoms with E-state index in [1.54, 1.807) is 4.68 Å². The van der Waals surface area contributed by atoms with Gasteiger partial charge >= 0.3 is 0 Å². The summed E-state index contributed by atoms with van der Waals surface area (Å²) < 4.78 is 2.42. The molecule has 0 fully saturated rings.